The van der Waals surface area contributed by atoms with Gasteiger partial charge in [-0.05, 0) is 42.7 Å². The van der Waals surface area contributed by atoms with Crippen molar-refractivity contribution in [1.82, 2.24) is 9.88 Å². The van der Waals surface area contributed by atoms with Gasteiger partial charge in [0.15, 0.2) is 0 Å². The van der Waals surface area contributed by atoms with Gasteiger partial charge in [0.05, 0.1) is 5.56 Å². The van der Waals surface area contributed by atoms with E-state index in [-0.39, 0.29) is 11.8 Å². The van der Waals surface area contributed by atoms with E-state index in [1.165, 1.54) is 0 Å². The van der Waals surface area contributed by atoms with Gasteiger partial charge in [-0.25, -0.2) is 4.79 Å². The summed E-state index contributed by atoms with van der Waals surface area (Å²) in [5.74, 6) is -0.729. The molecule has 1 amide bonds. The third kappa shape index (κ3) is 2.88. The SMILES string of the molecule is O=C(O)c1cccc([C@H]2CCCN(C(=O)c3ccc[nH]3)C2)c1. The highest BCUT2D eigenvalue weighted by atomic mass is 16.4. The second-order valence-corrected chi connectivity index (χ2v) is 5.60. The largest absolute Gasteiger partial charge is 0.478 e. The van der Waals surface area contributed by atoms with Gasteiger partial charge in [0.25, 0.3) is 5.91 Å². The maximum Gasteiger partial charge on any atom is 0.335 e. The van der Waals surface area contributed by atoms with E-state index < -0.39 is 5.97 Å². The Balaban J connectivity index is 1.77. The molecule has 0 saturated carbocycles. The van der Waals surface area contributed by atoms with Crippen LogP contribution in [0.2, 0.25) is 0 Å². The number of aromatic amines is 1. The smallest absolute Gasteiger partial charge is 0.335 e. The van der Waals surface area contributed by atoms with Crippen molar-refractivity contribution >= 4 is 11.9 Å². The Morgan fingerprint density at radius 1 is 1.23 bits per heavy atom. The topological polar surface area (TPSA) is 73.4 Å². The van der Waals surface area contributed by atoms with E-state index in [1.807, 2.05) is 17.0 Å². The minimum atomic E-state index is -0.919. The molecule has 5 heteroatoms. The Kier molecular flexibility index (Phi) is 3.96. The lowest BCUT2D eigenvalue weighted by atomic mass is 9.89. The van der Waals surface area contributed by atoms with Crippen molar-refractivity contribution in [3.05, 3.63) is 59.4 Å². The van der Waals surface area contributed by atoms with Crippen molar-refractivity contribution in [2.75, 3.05) is 13.1 Å². The molecule has 2 heterocycles. The van der Waals surface area contributed by atoms with Gasteiger partial charge in [-0.3, -0.25) is 4.79 Å². The van der Waals surface area contributed by atoms with Crippen molar-refractivity contribution in [2.24, 2.45) is 0 Å². The van der Waals surface area contributed by atoms with Gasteiger partial charge in [-0.2, -0.15) is 0 Å². The van der Waals surface area contributed by atoms with Crippen LogP contribution < -0.4 is 0 Å². The third-order valence-corrected chi connectivity index (χ3v) is 4.14. The molecule has 0 spiro atoms. The van der Waals surface area contributed by atoms with Crippen LogP contribution in [0.15, 0.2) is 42.6 Å². The molecule has 2 N–H and O–H groups in total. The highest BCUT2D eigenvalue weighted by Gasteiger charge is 2.26. The molecule has 2 aromatic rings. The summed E-state index contributed by atoms with van der Waals surface area (Å²) in [6, 6.07) is 10.6. The van der Waals surface area contributed by atoms with Gasteiger partial charge < -0.3 is 15.0 Å². The Morgan fingerprint density at radius 2 is 2.09 bits per heavy atom. The number of hydrogen-bond acceptors (Lipinski definition) is 2. The number of carbonyl (C=O) groups is 2. The van der Waals surface area contributed by atoms with E-state index in [2.05, 4.69) is 4.98 Å². The number of carboxylic acid groups (broad SMARTS) is 1. The first kappa shape index (κ1) is 14.4. The molecule has 22 heavy (non-hydrogen) atoms. The summed E-state index contributed by atoms with van der Waals surface area (Å²) in [7, 11) is 0. The summed E-state index contributed by atoms with van der Waals surface area (Å²) in [6.45, 7) is 1.37. The van der Waals surface area contributed by atoms with E-state index >= 15 is 0 Å². The molecule has 0 bridgehead atoms. The Labute approximate surface area is 128 Å². The molecule has 0 aliphatic carbocycles. The molecule has 1 aromatic carbocycles. The molecule has 0 unspecified atom stereocenters. The summed E-state index contributed by atoms with van der Waals surface area (Å²) in [5.41, 5.74) is 1.88. The van der Waals surface area contributed by atoms with Crippen LogP contribution in [0.3, 0.4) is 0 Å². The van der Waals surface area contributed by atoms with E-state index in [1.54, 1.807) is 30.5 Å². The molecule has 3 rings (SSSR count). The van der Waals surface area contributed by atoms with Gasteiger partial charge in [0.2, 0.25) is 0 Å². The molecule has 1 saturated heterocycles. The quantitative estimate of drug-likeness (QED) is 0.915. The normalized spacial score (nSPS) is 18.2. The molecule has 114 valence electrons. The van der Waals surface area contributed by atoms with Crippen LogP contribution in [0.4, 0.5) is 0 Å². The Hall–Kier alpha value is -2.56. The average molecular weight is 298 g/mol. The van der Waals surface area contributed by atoms with Crippen molar-refractivity contribution in [3.8, 4) is 0 Å². The predicted molar refractivity (Wildman–Crippen MR) is 82.1 cm³/mol. The van der Waals surface area contributed by atoms with Crippen molar-refractivity contribution in [2.45, 2.75) is 18.8 Å². The number of carbonyl (C=O) groups excluding carboxylic acids is 1. The number of rotatable bonds is 3. The zero-order chi connectivity index (χ0) is 15.5. The molecule has 1 aliphatic rings. The van der Waals surface area contributed by atoms with Crippen molar-refractivity contribution < 1.29 is 14.7 Å². The van der Waals surface area contributed by atoms with Crippen LogP contribution in [0.5, 0.6) is 0 Å². The fraction of sp³-hybridized carbons (Fsp3) is 0.294. The van der Waals surface area contributed by atoms with Crippen molar-refractivity contribution in [1.29, 1.82) is 0 Å². The van der Waals surface area contributed by atoms with E-state index in [0.717, 1.165) is 24.9 Å². The van der Waals surface area contributed by atoms with E-state index in [0.29, 0.717) is 17.8 Å². The maximum absolute atomic E-state index is 12.4. The van der Waals surface area contributed by atoms with Crippen LogP contribution >= 0.6 is 0 Å². The number of aromatic nitrogens is 1. The predicted octanol–water partition coefficient (Wildman–Crippen LogP) is 2.73. The number of H-pyrrole nitrogens is 1. The Morgan fingerprint density at radius 3 is 2.82 bits per heavy atom. The highest BCUT2D eigenvalue weighted by molar-refractivity contribution is 5.92. The summed E-state index contributed by atoms with van der Waals surface area (Å²) in [5, 5.41) is 9.10. The molecular weight excluding hydrogens is 280 g/mol. The number of amides is 1. The highest BCUT2D eigenvalue weighted by Crippen LogP contribution is 2.28. The molecule has 5 nitrogen and oxygen atoms in total. The first-order chi connectivity index (χ1) is 10.6. The number of nitrogens with zero attached hydrogens (tertiary/aromatic N) is 1. The van der Waals surface area contributed by atoms with E-state index in [9.17, 15) is 9.59 Å². The number of nitrogens with one attached hydrogen (secondary N) is 1. The molecule has 1 aliphatic heterocycles. The van der Waals surface area contributed by atoms with Crippen LogP contribution in [-0.2, 0) is 0 Å². The van der Waals surface area contributed by atoms with Gasteiger partial charge >= 0.3 is 5.97 Å². The monoisotopic (exact) mass is 298 g/mol. The summed E-state index contributed by atoms with van der Waals surface area (Å²) < 4.78 is 0. The lowest BCUT2D eigenvalue weighted by Gasteiger charge is -2.33. The standard InChI is InChI=1S/C17H18N2O3/c20-16(15-7-2-8-18-15)19-9-3-6-14(11-19)12-4-1-5-13(10-12)17(21)22/h1-2,4-5,7-8,10,14,18H,3,6,9,11H2,(H,21,22)/t14-/m0/s1. The fourth-order valence-corrected chi connectivity index (χ4v) is 2.99. The van der Waals surface area contributed by atoms with Crippen LogP contribution in [0.25, 0.3) is 0 Å². The minimum Gasteiger partial charge on any atom is -0.478 e. The average Bonchev–Trinajstić information content (AvgIpc) is 3.09. The number of carboxylic acids is 1. The number of hydrogen-bond donors (Lipinski definition) is 2. The van der Waals surface area contributed by atoms with Crippen molar-refractivity contribution in [3.63, 3.8) is 0 Å². The summed E-state index contributed by atoms with van der Waals surface area (Å²) >= 11 is 0. The molecule has 1 atom stereocenters. The molecule has 0 radical (unpaired) electrons. The van der Waals surface area contributed by atoms with Gasteiger partial charge in [0, 0.05) is 25.2 Å². The number of likely N-dealkylation sites (tertiary alicyclic amines) is 1. The summed E-state index contributed by atoms with van der Waals surface area (Å²) in [6.07, 6.45) is 3.64. The van der Waals surface area contributed by atoms with Crippen LogP contribution in [0, 0.1) is 0 Å². The zero-order valence-electron chi connectivity index (χ0n) is 12.2. The number of aromatic carboxylic acids is 1. The van der Waals surface area contributed by atoms with E-state index in [4.69, 9.17) is 5.11 Å². The molecule has 1 aromatic heterocycles. The Bertz CT molecular complexity index is 679. The zero-order valence-corrected chi connectivity index (χ0v) is 12.2. The maximum atomic E-state index is 12.4. The number of benzene rings is 1. The minimum absolute atomic E-state index is 0.00379. The van der Waals surface area contributed by atoms with Crippen LogP contribution in [-0.4, -0.2) is 40.0 Å². The first-order valence-electron chi connectivity index (χ1n) is 7.41. The molecule has 1 fully saturated rings. The van der Waals surface area contributed by atoms with Crippen LogP contribution in [0.1, 0.15) is 45.2 Å². The molecular formula is C17H18N2O3. The fourth-order valence-electron chi connectivity index (χ4n) is 2.99. The first-order valence-corrected chi connectivity index (χ1v) is 7.41. The second kappa shape index (κ2) is 6.05. The lowest BCUT2D eigenvalue weighted by Crippen LogP contribution is -2.39. The third-order valence-electron chi connectivity index (χ3n) is 4.14. The lowest BCUT2D eigenvalue weighted by molar-refractivity contribution is 0.0686. The second-order valence-electron chi connectivity index (χ2n) is 5.60. The summed E-state index contributed by atoms with van der Waals surface area (Å²) in [4.78, 5) is 28.3. The van der Waals surface area contributed by atoms with Gasteiger partial charge in [0.1, 0.15) is 5.69 Å². The van der Waals surface area contributed by atoms with Gasteiger partial charge in [-0.1, -0.05) is 12.1 Å². The number of piperidine rings is 1. The van der Waals surface area contributed by atoms with Gasteiger partial charge in [-0.15, -0.1) is 0 Å².